The van der Waals surface area contributed by atoms with Crippen LogP contribution in [0.2, 0.25) is 5.04 Å². The van der Waals surface area contributed by atoms with Gasteiger partial charge in [0.2, 0.25) is 5.12 Å². The first kappa shape index (κ1) is 20.7. The number of rotatable bonds is 7. The molecule has 2 aromatic carbocycles. The molecular formula is C22H28O2SSi. The lowest BCUT2D eigenvalue weighted by atomic mass is 10.2. The van der Waals surface area contributed by atoms with Crippen molar-refractivity contribution >= 4 is 35.6 Å². The van der Waals surface area contributed by atoms with E-state index in [1.54, 1.807) is 6.08 Å². The molecular weight excluding hydrogens is 356 g/mol. The Hall–Kier alpha value is -1.62. The number of hydrogen-bond donors (Lipinski definition) is 0. The summed E-state index contributed by atoms with van der Waals surface area (Å²) in [6.45, 7) is 9.17. The number of hydrogen-bond acceptors (Lipinski definition) is 3. The molecule has 138 valence electrons. The van der Waals surface area contributed by atoms with Gasteiger partial charge in [-0.25, -0.2) is 0 Å². The van der Waals surface area contributed by atoms with Crippen molar-refractivity contribution in [3.8, 4) is 0 Å². The van der Waals surface area contributed by atoms with Gasteiger partial charge in [0.05, 0.1) is 6.61 Å². The summed E-state index contributed by atoms with van der Waals surface area (Å²) in [6, 6.07) is 21.1. The molecule has 2 rings (SSSR count). The Morgan fingerprint density at radius 2 is 1.50 bits per heavy atom. The summed E-state index contributed by atoms with van der Waals surface area (Å²) in [5.41, 5.74) is 0. The minimum Gasteiger partial charge on any atom is -0.404 e. The smallest absolute Gasteiger partial charge is 0.261 e. The van der Waals surface area contributed by atoms with E-state index >= 15 is 0 Å². The fraction of sp³-hybridized carbons (Fsp3) is 0.318. The molecule has 0 aromatic heterocycles. The second kappa shape index (κ2) is 9.35. The molecule has 0 unspecified atom stereocenters. The molecule has 2 nitrogen and oxygen atoms in total. The topological polar surface area (TPSA) is 26.3 Å². The normalized spacial score (nSPS) is 12.5. The lowest BCUT2D eigenvalue weighted by Gasteiger charge is -2.42. The van der Waals surface area contributed by atoms with E-state index in [0.29, 0.717) is 6.61 Å². The van der Waals surface area contributed by atoms with Crippen LogP contribution in [0, 0.1) is 0 Å². The van der Waals surface area contributed by atoms with Gasteiger partial charge in [-0.1, -0.05) is 106 Å². The zero-order valence-corrected chi connectivity index (χ0v) is 17.9. The first-order valence-electron chi connectivity index (χ1n) is 9.00. The monoisotopic (exact) mass is 384 g/mol. The second-order valence-electron chi connectivity index (χ2n) is 7.13. The molecule has 0 aliphatic carbocycles. The predicted octanol–water partition coefficient (Wildman–Crippen LogP) is 4.40. The van der Waals surface area contributed by atoms with Gasteiger partial charge in [-0.3, -0.25) is 4.79 Å². The first-order chi connectivity index (χ1) is 12.4. The molecule has 0 spiro atoms. The molecule has 0 amide bonds. The van der Waals surface area contributed by atoms with Gasteiger partial charge in [0.15, 0.2) is 0 Å². The number of carbonyl (C=O) groups is 1. The van der Waals surface area contributed by atoms with Crippen LogP contribution in [0.1, 0.15) is 27.7 Å². The third-order valence-corrected chi connectivity index (χ3v) is 10.1. The molecule has 0 aliphatic heterocycles. The van der Waals surface area contributed by atoms with Crippen molar-refractivity contribution in [2.24, 2.45) is 0 Å². The van der Waals surface area contributed by atoms with Crippen LogP contribution < -0.4 is 10.4 Å². The van der Waals surface area contributed by atoms with E-state index in [-0.39, 0.29) is 10.2 Å². The zero-order valence-electron chi connectivity index (χ0n) is 16.1. The van der Waals surface area contributed by atoms with Crippen LogP contribution in [-0.4, -0.2) is 25.8 Å². The fourth-order valence-corrected chi connectivity index (χ4v) is 8.25. The van der Waals surface area contributed by atoms with Crippen molar-refractivity contribution in [2.45, 2.75) is 32.7 Å². The third-order valence-electron chi connectivity index (χ3n) is 4.35. The largest absolute Gasteiger partial charge is 0.404 e. The highest BCUT2D eigenvalue weighted by Gasteiger charge is 2.49. The van der Waals surface area contributed by atoms with Crippen LogP contribution in [0.15, 0.2) is 72.8 Å². The van der Waals surface area contributed by atoms with E-state index in [1.807, 2.05) is 25.1 Å². The number of thioether (sulfide) groups is 1. The minimum atomic E-state index is -2.51. The highest BCUT2D eigenvalue weighted by atomic mass is 32.2. The minimum absolute atomic E-state index is 0.0499. The van der Waals surface area contributed by atoms with E-state index in [4.69, 9.17) is 4.43 Å². The molecule has 0 heterocycles. The molecule has 26 heavy (non-hydrogen) atoms. The molecule has 0 bridgehead atoms. The lowest BCUT2D eigenvalue weighted by molar-refractivity contribution is -0.107. The Morgan fingerprint density at radius 3 is 1.92 bits per heavy atom. The molecule has 0 fully saturated rings. The van der Waals surface area contributed by atoms with E-state index in [1.165, 1.54) is 22.1 Å². The van der Waals surface area contributed by atoms with E-state index in [2.05, 4.69) is 69.3 Å². The third kappa shape index (κ3) is 4.75. The van der Waals surface area contributed by atoms with E-state index in [9.17, 15) is 4.79 Å². The quantitative estimate of drug-likeness (QED) is 0.523. The summed E-state index contributed by atoms with van der Waals surface area (Å²) in [5, 5.41) is 2.53. The van der Waals surface area contributed by atoms with Crippen molar-refractivity contribution in [1.82, 2.24) is 0 Å². The Labute approximate surface area is 162 Å². The maximum Gasteiger partial charge on any atom is 0.261 e. The van der Waals surface area contributed by atoms with Gasteiger partial charge in [0, 0.05) is 0 Å². The van der Waals surface area contributed by atoms with Crippen molar-refractivity contribution in [1.29, 1.82) is 0 Å². The van der Waals surface area contributed by atoms with Crippen molar-refractivity contribution in [3.05, 3.63) is 72.8 Å². The van der Waals surface area contributed by atoms with Crippen LogP contribution in [0.25, 0.3) is 0 Å². The van der Waals surface area contributed by atoms with E-state index in [0.717, 1.165) is 5.75 Å². The van der Waals surface area contributed by atoms with Gasteiger partial charge in [-0.15, -0.1) is 0 Å². The Balaban J connectivity index is 2.43. The van der Waals surface area contributed by atoms with Gasteiger partial charge < -0.3 is 4.43 Å². The van der Waals surface area contributed by atoms with Crippen molar-refractivity contribution in [3.63, 3.8) is 0 Å². The SMILES string of the molecule is CCSC(=O)/C=C/CO[Si](c1ccccc1)(c1ccccc1)C(C)(C)C. The molecule has 0 radical (unpaired) electrons. The highest BCUT2D eigenvalue weighted by Crippen LogP contribution is 2.36. The second-order valence-corrected chi connectivity index (χ2v) is 12.7. The first-order valence-corrected chi connectivity index (χ1v) is 11.9. The molecule has 4 heteroatoms. The Bertz CT molecular complexity index is 681. The molecule has 0 saturated carbocycles. The number of carbonyl (C=O) groups excluding carboxylic acids is 1. The van der Waals surface area contributed by atoms with Gasteiger partial charge in [-0.05, 0) is 27.2 Å². The maximum atomic E-state index is 11.7. The summed E-state index contributed by atoms with van der Waals surface area (Å²) in [4.78, 5) is 11.7. The summed E-state index contributed by atoms with van der Waals surface area (Å²) in [7, 11) is -2.51. The maximum absolute atomic E-state index is 11.7. The zero-order chi connectivity index (χ0) is 19.0. The van der Waals surface area contributed by atoms with Gasteiger partial charge in [-0.2, -0.15) is 0 Å². The fourth-order valence-electron chi connectivity index (χ4n) is 3.27. The lowest BCUT2D eigenvalue weighted by Crippen LogP contribution is -2.66. The average molecular weight is 385 g/mol. The van der Waals surface area contributed by atoms with Gasteiger partial charge in [0.1, 0.15) is 0 Å². The Kier molecular flexibility index (Phi) is 7.44. The molecule has 0 N–H and O–H groups in total. The molecule has 0 saturated heterocycles. The van der Waals surface area contributed by atoms with Crippen molar-refractivity contribution < 1.29 is 9.22 Å². The Morgan fingerprint density at radius 1 is 1.00 bits per heavy atom. The van der Waals surface area contributed by atoms with Crippen LogP contribution in [0.3, 0.4) is 0 Å². The van der Waals surface area contributed by atoms with Crippen molar-refractivity contribution in [2.75, 3.05) is 12.4 Å². The summed E-state index contributed by atoms with van der Waals surface area (Å²) in [6.07, 6.45) is 3.48. The summed E-state index contributed by atoms with van der Waals surface area (Å²) in [5.74, 6) is 0.790. The van der Waals surface area contributed by atoms with Gasteiger partial charge in [0.25, 0.3) is 8.32 Å². The van der Waals surface area contributed by atoms with Crippen LogP contribution in [0.5, 0.6) is 0 Å². The molecule has 0 atom stereocenters. The standard InChI is InChI=1S/C22H28O2SSi/c1-5-25-21(23)17-12-18-24-26(22(2,3)4,19-13-8-6-9-14-19)20-15-10-7-11-16-20/h6-17H,5,18H2,1-4H3/b17-12+. The van der Waals surface area contributed by atoms with Crippen LogP contribution >= 0.6 is 11.8 Å². The average Bonchev–Trinajstić information content (AvgIpc) is 2.62. The van der Waals surface area contributed by atoms with Crippen LogP contribution in [-0.2, 0) is 9.22 Å². The molecule has 2 aromatic rings. The predicted molar refractivity (Wildman–Crippen MR) is 116 cm³/mol. The molecule has 0 aliphatic rings. The number of benzene rings is 2. The van der Waals surface area contributed by atoms with Gasteiger partial charge >= 0.3 is 0 Å². The van der Waals surface area contributed by atoms with E-state index < -0.39 is 8.32 Å². The summed E-state index contributed by atoms with van der Waals surface area (Å²) >= 11 is 1.32. The summed E-state index contributed by atoms with van der Waals surface area (Å²) < 4.78 is 6.69. The highest BCUT2D eigenvalue weighted by molar-refractivity contribution is 8.14. The van der Waals surface area contributed by atoms with Crippen LogP contribution in [0.4, 0.5) is 0 Å².